The van der Waals surface area contributed by atoms with Crippen molar-refractivity contribution in [3.8, 4) is 0 Å². The minimum Gasteiger partial charge on any atom is -0.449 e. The lowest BCUT2D eigenvalue weighted by molar-refractivity contribution is -0.146. The molecule has 0 spiro atoms. The molecule has 1 atom stereocenters. The first kappa shape index (κ1) is 110. The van der Waals surface area contributed by atoms with Gasteiger partial charge in [-0.05, 0) is 148 Å². The van der Waals surface area contributed by atoms with Crippen LogP contribution in [0.25, 0.3) is 0 Å². The van der Waals surface area contributed by atoms with E-state index in [0.29, 0.717) is 44.1 Å². The van der Waals surface area contributed by atoms with Gasteiger partial charge in [0.1, 0.15) is 18.0 Å². The summed E-state index contributed by atoms with van der Waals surface area (Å²) in [7, 11) is 12.5. The molecule has 4 aromatic heterocycles. The minimum absolute atomic E-state index is 0.0314. The summed E-state index contributed by atoms with van der Waals surface area (Å²) in [5.41, 5.74) is 3.44. The Labute approximate surface area is 730 Å². The number of nitrogens with zero attached hydrogens (tertiary/aromatic N) is 17. The molecule has 8 saturated heterocycles. The van der Waals surface area contributed by atoms with E-state index in [-0.39, 0.29) is 89.5 Å². The number of piperazine rings is 2. The molecule has 33 nitrogen and oxygen atoms in total. The van der Waals surface area contributed by atoms with Gasteiger partial charge in [-0.1, -0.05) is 60.8 Å². The molecule has 9 aliphatic rings. The molecule has 4 aromatic rings. The van der Waals surface area contributed by atoms with Crippen LogP contribution in [0.5, 0.6) is 0 Å². The van der Waals surface area contributed by atoms with Gasteiger partial charge in [0.05, 0.1) is 50.0 Å². The molecule has 1 unspecified atom stereocenters. The molecule has 2 N–H and O–H groups in total. The molecule has 8 aliphatic heterocycles. The summed E-state index contributed by atoms with van der Waals surface area (Å²) in [5, 5.41) is 23.9. The molecule has 12 heterocycles. The van der Waals surface area contributed by atoms with Crippen LogP contribution >= 0.6 is 0 Å². The first-order valence-electron chi connectivity index (χ1n) is 43.8. The number of aliphatic hydroxyl groups excluding tert-OH is 1. The Morgan fingerprint density at radius 1 is 0.566 bits per heavy atom. The summed E-state index contributed by atoms with van der Waals surface area (Å²) in [5.74, 6) is 3.67. The van der Waals surface area contributed by atoms with Crippen LogP contribution < -0.4 is 5.32 Å². The highest BCUT2D eigenvalue weighted by atomic mass is 16.6. The predicted octanol–water partition coefficient (Wildman–Crippen LogP) is 8.85. The van der Waals surface area contributed by atoms with Crippen molar-refractivity contribution in [1.82, 2.24) is 88.6 Å². The van der Waals surface area contributed by atoms with E-state index in [9.17, 15) is 43.2 Å². The number of amides is 9. The summed E-state index contributed by atoms with van der Waals surface area (Å²) < 4.78 is 30.4. The standard InChI is InChI=1S/C11H18N2.C10H20N2O2.C10H20N2O.C9H16N2.C8H14N2O2.2C7H13NO2.C6H10N2.2C6H11NO2.C5H9NO.C4H5NO/c1-10-7-12-13(8-10)9-11-5-3-2-4-6-11;1-10(2,3)14-9(13)12-7-5-11(4)6-8-12;1-10(2,3)9(13)12-7-5-11(4)6-8-12;1-8-5-10-11(6-8)7-9(2,3)4;1-6(11)10-4-7(5-10)8(12)9(2)3;1-6(10)8-4-7(5-8)2-3-9;1-10-6-5-8-4-2-3-7(8)9;1-3-8-5-6(2)4-7-8;1-9-4-5-2-3-6(8)7-5;1-9-5-6(8)7-3-2-4-7;1-5(7)6-3-2-4-6;1-4-2-5-3-6-4/h7-8,11H,2-6,9H2,1H3;5-8H2,1-4H3;5-8H2,1-4H3;5-6H,7H2,1-4H3;7H,4-5H2,1-3H3;7,9H,2-5H2,1H3;2-6H2,1H3;4-5H,3H2,1-2H3;5H,2-4H2,1H3,(H,7,8);2-5H2,1H3;2-4H2,1H3;2-3H,1H3. The fraction of sp³-hybridized carbons (Fsp3) is 0.764. The molecular weight excluding hydrogens is 1560 g/mol. The predicted molar refractivity (Wildman–Crippen MR) is 475 cm³/mol. The fourth-order valence-electron chi connectivity index (χ4n) is 13.0. The van der Waals surface area contributed by atoms with Gasteiger partial charge in [0.15, 0.2) is 6.39 Å². The van der Waals surface area contributed by atoms with Crippen molar-refractivity contribution in [2.75, 3.05) is 194 Å². The lowest BCUT2D eigenvalue weighted by atomic mass is 9.89. The fourth-order valence-corrected chi connectivity index (χ4v) is 13.0. The number of aryl methyl sites for hydroxylation is 5. The summed E-state index contributed by atoms with van der Waals surface area (Å²) in [4.78, 5) is 121. The monoisotopic (exact) mass is 1720 g/mol. The van der Waals surface area contributed by atoms with Gasteiger partial charge in [-0.15, -0.1) is 0 Å². The maximum Gasteiger partial charge on any atom is 0.410 e. The van der Waals surface area contributed by atoms with Crippen LogP contribution in [0.4, 0.5) is 4.79 Å². The highest BCUT2D eigenvalue weighted by molar-refractivity contribution is 5.84. The summed E-state index contributed by atoms with van der Waals surface area (Å²) in [6, 6.07) is 0.266. The number of oxazole rings is 1. The maximum absolute atomic E-state index is 11.8. The Bertz CT molecular complexity index is 3560. The SMILES string of the molecule is CC(=O)N1CC(C(=O)N(C)C)C1.CC(=O)N1CC(CCO)C1.CC(=O)N1CCC1.CCn1cc(C)cn1.CN1CCN(C(=O)C(C)(C)C)CC1.CN1CCN(C(=O)OC(C)(C)C)CC1.COCC(=O)N1CCC1.COCC1CCC(=O)N1.COCCN1CCCC1=O.Cc1cnco1.Cc1cnn(CC(C)(C)C)c1.Cc1cnn(CC2CCCCC2)c1. The van der Waals surface area contributed by atoms with Crippen LogP contribution in [0.2, 0.25) is 0 Å². The van der Waals surface area contributed by atoms with Crippen LogP contribution in [-0.4, -0.2) is 347 Å². The number of rotatable bonds is 14. The molecule has 1 saturated carbocycles. The zero-order valence-corrected chi connectivity index (χ0v) is 79.4. The van der Waals surface area contributed by atoms with Crippen LogP contribution in [0.1, 0.15) is 190 Å². The number of nitrogens with one attached hydrogen (secondary N) is 1. The zero-order chi connectivity index (χ0) is 91.7. The number of methoxy groups -OCH3 is 3. The second kappa shape index (κ2) is 58.7. The molecule has 0 aromatic carbocycles. The third-order valence-electron chi connectivity index (χ3n) is 20.6. The molecule has 122 heavy (non-hydrogen) atoms. The van der Waals surface area contributed by atoms with Crippen LogP contribution in [0, 0.1) is 56.3 Å². The van der Waals surface area contributed by atoms with Gasteiger partial charge in [-0.2, -0.15) is 15.3 Å². The van der Waals surface area contributed by atoms with E-state index in [2.05, 4.69) is 113 Å². The van der Waals surface area contributed by atoms with Gasteiger partial charge in [0.25, 0.3) is 0 Å². The number of likely N-dealkylation sites (N-methyl/N-ethyl adjacent to an activating group) is 2. The quantitative estimate of drug-likeness (QED) is 0.119. The highest BCUT2D eigenvalue weighted by Crippen LogP contribution is 2.26. The van der Waals surface area contributed by atoms with E-state index in [4.69, 9.17) is 23.7 Å². The van der Waals surface area contributed by atoms with E-state index in [1.165, 1.54) is 75.6 Å². The highest BCUT2D eigenvalue weighted by Gasteiger charge is 2.35. The van der Waals surface area contributed by atoms with Crippen LogP contribution in [0.3, 0.4) is 0 Å². The largest absolute Gasteiger partial charge is 0.449 e. The van der Waals surface area contributed by atoms with Gasteiger partial charge >= 0.3 is 6.09 Å². The number of aliphatic hydroxyl groups is 1. The molecule has 0 radical (unpaired) electrons. The number of ether oxygens (including phenoxy) is 4. The smallest absolute Gasteiger partial charge is 0.410 e. The van der Waals surface area contributed by atoms with E-state index < -0.39 is 0 Å². The number of likely N-dealkylation sites (tertiary alicyclic amines) is 5. The van der Waals surface area contributed by atoms with Crippen molar-refractivity contribution < 1.29 is 71.6 Å². The van der Waals surface area contributed by atoms with E-state index in [0.717, 1.165) is 168 Å². The Morgan fingerprint density at radius 2 is 1.07 bits per heavy atom. The first-order chi connectivity index (χ1) is 57.4. The molecule has 696 valence electrons. The maximum atomic E-state index is 11.8. The summed E-state index contributed by atoms with van der Waals surface area (Å²) >= 11 is 0. The van der Waals surface area contributed by atoms with Crippen molar-refractivity contribution in [3.05, 3.63) is 72.2 Å². The third-order valence-corrected chi connectivity index (χ3v) is 20.6. The van der Waals surface area contributed by atoms with Crippen molar-refractivity contribution in [1.29, 1.82) is 0 Å². The van der Waals surface area contributed by atoms with E-state index in [1.807, 2.05) is 104 Å². The number of carbonyl (C=O) groups is 9. The van der Waals surface area contributed by atoms with Gasteiger partial charge < -0.3 is 82.8 Å². The van der Waals surface area contributed by atoms with Gasteiger partial charge in [-0.3, -0.25) is 52.4 Å². The van der Waals surface area contributed by atoms with Gasteiger partial charge in [0.2, 0.25) is 47.3 Å². The minimum atomic E-state index is -0.388. The number of hydrogen-bond donors (Lipinski definition) is 2. The van der Waals surface area contributed by atoms with Crippen molar-refractivity contribution >= 4 is 53.4 Å². The molecular formula is C89H160N18O15. The second-order valence-corrected chi connectivity index (χ2v) is 36.0. The second-order valence-electron chi connectivity index (χ2n) is 36.0. The normalized spacial score (nSPS) is 17.6. The Hall–Kier alpha value is -8.37. The average molecular weight is 1720 g/mol. The number of carbonyl (C=O) groups excluding carboxylic acids is 9. The Kier molecular flexibility index (Phi) is 52.8. The number of hydrogen-bond acceptors (Lipinski definition) is 21. The molecule has 1 aliphatic carbocycles. The molecule has 0 bridgehead atoms. The van der Waals surface area contributed by atoms with E-state index >= 15 is 0 Å². The lowest BCUT2D eigenvalue weighted by Crippen LogP contribution is -2.54. The van der Waals surface area contributed by atoms with Crippen molar-refractivity contribution in [2.24, 2.45) is 28.6 Å². The van der Waals surface area contributed by atoms with E-state index in [1.54, 1.807) is 72.9 Å². The van der Waals surface area contributed by atoms with Crippen molar-refractivity contribution in [2.45, 2.75) is 226 Å². The van der Waals surface area contributed by atoms with Gasteiger partial charge in [0, 0.05) is 237 Å². The van der Waals surface area contributed by atoms with Crippen LogP contribution in [-0.2, 0) is 76.9 Å². The van der Waals surface area contributed by atoms with Gasteiger partial charge in [-0.25, -0.2) is 9.78 Å². The lowest BCUT2D eigenvalue weighted by Gasteiger charge is -2.38. The first-order valence-corrected chi connectivity index (χ1v) is 43.8. The van der Waals surface area contributed by atoms with Crippen molar-refractivity contribution in [3.63, 3.8) is 0 Å². The molecule has 33 heteroatoms. The molecule has 9 fully saturated rings. The zero-order valence-electron chi connectivity index (χ0n) is 79.4. The Balaban J connectivity index is 0.000000454. The third kappa shape index (κ3) is 48.6. The summed E-state index contributed by atoms with van der Waals surface area (Å²) in [6.45, 7) is 53.5. The molecule has 13 rings (SSSR count). The Morgan fingerprint density at radius 3 is 1.42 bits per heavy atom. The topological polar surface area (TPSA) is 335 Å². The number of aromatic nitrogens is 7. The molecule has 9 amide bonds. The van der Waals surface area contributed by atoms with Crippen LogP contribution in [0.15, 0.2) is 54.2 Å². The average Bonchev–Trinajstić information content (AvgIpc) is 0.925. The summed E-state index contributed by atoms with van der Waals surface area (Å²) in [6.07, 6.45) is 28.4.